The van der Waals surface area contributed by atoms with Crippen LogP contribution in [0.3, 0.4) is 0 Å². The minimum Gasteiger partial charge on any atom is -0.456 e. The first-order valence-corrected chi connectivity index (χ1v) is 7.86. The van der Waals surface area contributed by atoms with E-state index < -0.39 is 0 Å². The first-order valence-electron chi connectivity index (χ1n) is 7.86. The monoisotopic (exact) mass is 292 g/mol. The molecule has 1 unspecified atom stereocenters. The van der Waals surface area contributed by atoms with E-state index in [1.807, 2.05) is 24.3 Å². The lowest BCUT2D eigenvalue weighted by molar-refractivity contribution is -0.000778. The van der Waals surface area contributed by atoms with Crippen LogP contribution in [-0.2, 0) is 15.9 Å². The van der Waals surface area contributed by atoms with Crippen LogP contribution in [0.5, 0.6) is 0 Å². The van der Waals surface area contributed by atoms with Crippen LogP contribution in [0.1, 0.15) is 56.0 Å². The van der Waals surface area contributed by atoms with Crippen molar-refractivity contribution in [3.05, 3.63) is 35.4 Å². The molecule has 21 heavy (non-hydrogen) atoms. The zero-order valence-corrected chi connectivity index (χ0v) is 13.7. The summed E-state index contributed by atoms with van der Waals surface area (Å²) in [5.74, 6) is 0.234. The molecule has 1 aromatic carbocycles. The molecule has 0 heterocycles. The molecule has 3 heteroatoms. The Balaban J connectivity index is 2.76. The lowest BCUT2D eigenvalue weighted by Gasteiger charge is -2.19. The SMILES string of the molecule is CCCCc1ccccc1C(=O)OC(COC)CC(C)C. The van der Waals surface area contributed by atoms with Gasteiger partial charge in [0.25, 0.3) is 0 Å². The van der Waals surface area contributed by atoms with Gasteiger partial charge in [0.05, 0.1) is 12.2 Å². The minimum atomic E-state index is -0.232. The van der Waals surface area contributed by atoms with Crippen molar-refractivity contribution in [2.24, 2.45) is 5.92 Å². The van der Waals surface area contributed by atoms with E-state index in [2.05, 4.69) is 20.8 Å². The number of rotatable bonds is 9. The lowest BCUT2D eigenvalue weighted by atomic mass is 10.0. The van der Waals surface area contributed by atoms with E-state index in [4.69, 9.17) is 9.47 Å². The van der Waals surface area contributed by atoms with Crippen LogP contribution in [0.15, 0.2) is 24.3 Å². The number of methoxy groups -OCH3 is 1. The Morgan fingerprint density at radius 1 is 1.24 bits per heavy atom. The molecule has 118 valence electrons. The van der Waals surface area contributed by atoms with Crippen molar-refractivity contribution in [3.8, 4) is 0 Å². The van der Waals surface area contributed by atoms with Gasteiger partial charge in [0.15, 0.2) is 0 Å². The van der Waals surface area contributed by atoms with Crippen molar-refractivity contribution >= 4 is 5.97 Å². The molecule has 0 N–H and O–H groups in total. The van der Waals surface area contributed by atoms with Crippen molar-refractivity contribution < 1.29 is 14.3 Å². The summed E-state index contributed by atoms with van der Waals surface area (Å²) in [6, 6.07) is 7.73. The predicted octanol–water partition coefficient (Wildman–Crippen LogP) is 4.25. The maximum Gasteiger partial charge on any atom is 0.338 e. The number of carbonyl (C=O) groups excluding carboxylic acids is 1. The standard InChI is InChI=1S/C18H28O3/c1-5-6-9-15-10-7-8-11-17(15)18(19)21-16(13-20-4)12-14(2)3/h7-8,10-11,14,16H,5-6,9,12-13H2,1-4H3. The van der Waals surface area contributed by atoms with Crippen LogP contribution in [-0.4, -0.2) is 25.8 Å². The Morgan fingerprint density at radius 2 is 1.95 bits per heavy atom. The molecule has 1 aromatic rings. The summed E-state index contributed by atoms with van der Waals surface area (Å²) in [5.41, 5.74) is 1.76. The number of hydrogen-bond acceptors (Lipinski definition) is 3. The molecule has 0 amide bonds. The quantitative estimate of drug-likeness (QED) is 0.638. The van der Waals surface area contributed by atoms with E-state index in [0.29, 0.717) is 18.1 Å². The summed E-state index contributed by atoms with van der Waals surface area (Å²) in [5, 5.41) is 0. The summed E-state index contributed by atoms with van der Waals surface area (Å²) >= 11 is 0. The second-order valence-electron chi connectivity index (χ2n) is 5.87. The second-order valence-corrected chi connectivity index (χ2v) is 5.87. The zero-order chi connectivity index (χ0) is 15.7. The molecular formula is C18H28O3. The number of carbonyl (C=O) groups is 1. The number of esters is 1. The summed E-state index contributed by atoms with van der Waals surface area (Å²) in [6.45, 7) is 6.83. The zero-order valence-electron chi connectivity index (χ0n) is 13.7. The van der Waals surface area contributed by atoms with Gasteiger partial charge in [0, 0.05) is 7.11 Å². The fourth-order valence-corrected chi connectivity index (χ4v) is 2.38. The summed E-state index contributed by atoms with van der Waals surface area (Å²) in [6.07, 6.45) is 3.75. The molecular weight excluding hydrogens is 264 g/mol. The van der Waals surface area contributed by atoms with Crippen molar-refractivity contribution in [2.45, 2.75) is 52.6 Å². The Bertz CT molecular complexity index is 426. The molecule has 0 saturated heterocycles. The van der Waals surface area contributed by atoms with Gasteiger partial charge < -0.3 is 9.47 Å². The molecule has 0 fully saturated rings. The minimum absolute atomic E-state index is 0.179. The van der Waals surface area contributed by atoms with E-state index >= 15 is 0 Å². The highest BCUT2D eigenvalue weighted by Crippen LogP contribution is 2.16. The fraction of sp³-hybridized carbons (Fsp3) is 0.611. The normalized spacial score (nSPS) is 12.4. The van der Waals surface area contributed by atoms with Gasteiger partial charge in [-0.1, -0.05) is 45.4 Å². The first-order chi connectivity index (χ1) is 10.1. The van der Waals surface area contributed by atoms with Crippen LogP contribution in [0, 0.1) is 5.92 Å². The molecule has 3 nitrogen and oxygen atoms in total. The molecule has 1 atom stereocenters. The second kappa shape index (κ2) is 9.56. The highest BCUT2D eigenvalue weighted by atomic mass is 16.6. The average molecular weight is 292 g/mol. The number of benzene rings is 1. The molecule has 0 spiro atoms. The van der Waals surface area contributed by atoms with Gasteiger partial charge in [-0.2, -0.15) is 0 Å². The van der Waals surface area contributed by atoms with Gasteiger partial charge in [0.2, 0.25) is 0 Å². The van der Waals surface area contributed by atoms with E-state index in [-0.39, 0.29) is 12.1 Å². The Kier molecular flexibility index (Phi) is 8.06. The lowest BCUT2D eigenvalue weighted by Crippen LogP contribution is -2.25. The molecule has 0 saturated carbocycles. The first kappa shape index (κ1) is 17.7. The van der Waals surface area contributed by atoms with E-state index in [9.17, 15) is 4.79 Å². The van der Waals surface area contributed by atoms with E-state index in [1.165, 1.54) is 0 Å². The van der Waals surface area contributed by atoms with Crippen molar-refractivity contribution in [1.82, 2.24) is 0 Å². The summed E-state index contributed by atoms with van der Waals surface area (Å²) in [4.78, 5) is 12.4. The molecule has 0 radical (unpaired) electrons. The maximum atomic E-state index is 12.4. The molecule has 0 aliphatic heterocycles. The Morgan fingerprint density at radius 3 is 2.57 bits per heavy atom. The van der Waals surface area contributed by atoms with Crippen molar-refractivity contribution in [3.63, 3.8) is 0 Å². The van der Waals surface area contributed by atoms with Crippen LogP contribution in [0.2, 0.25) is 0 Å². The molecule has 1 rings (SSSR count). The number of hydrogen-bond donors (Lipinski definition) is 0. The third-order valence-electron chi connectivity index (χ3n) is 3.40. The number of ether oxygens (including phenoxy) is 2. The van der Waals surface area contributed by atoms with Gasteiger partial charge in [-0.3, -0.25) is 0 Å². The molecule has 0 aliphatic carbocycles. The van der Waals surface area contributed by atoms with Gasteiger partial charge in [-0.05, 0) is 36.8 Å². The molecule has 0 bridgehead atoms. The Labute approximate surface area is 128 Å². The van der Waals surface area contributed by atoms with Gasteiger partial charge >= 0.3 is 5.97 Å². The third kappa shape index (κ3) is 6.30. The predicted molar refractivity (Wildman–Crippen MR) is 85.6 cm³/mol. The van der Waals surface area contributed by atoms with Gasteiger partial charge in [-0.25, -0.2) is 4.79 Å². The number of aryl methyl sites for hydroxylation is 1. The number of unbranched alkanes of at least 4 members (excludes halogenated alkanes) is 1. The maximum absolute atomic E-state index is 12.4. The van der Waals surface area contributed by atoms with Crippen molar-refractivity contribution in [2.75, 3.05) is 13.7 Å². The van der Waals surface area contributed by atoms with Crippen LogP contribution >= 0.6 is 0 Å². The van der Waals surface area contributed by atoms with Crippen LogP contribution in [0.4, 0.5) is 0 Å². The molecule has 0 aromatic heterocycles. The highest BCUT2D eigenvalue weighted by molar-refractivity contribution is 5.91. The third-order valence-corrected chi connectivity index (χ3v) is 3.40. The summed E-state index contributed by atoms with van der Waals surface area (Å²) < 4.78 is 10.8. The highest BCUT2D eigenvalue weighted by Gasteiger charge is 2.19. The topological polar surface area (TPSA) is 35.5 Å². The van der Waals surface area contributed by atoms with E-state index in [1.54, 1.807) is 7.11 Å². The largest absolute Gasteiger partial charge is 0.456 e. The van der Waals surface area contributed by atoms with Gasteiger partial charge in [0.1, 0.15) is 6.10 Å². The van der Waals surface area contributed by atoms with Crippen molar-refractivity contribution in [1.29, 1.82) is 0 Å². The van der Waals surface area contributed by atoms with Gasteiger partial charge in [-0.15, -0.1) is 0 Å². The van der Waals surface area contributed by atoms with Crippen LogP contribution in [0.25, 0.3) is 0 Å². The fourth-order valence-electron chi connectivity index (χ4n) is 2.38. The Hall–Kier alpha value is -1.35. The molecule has 0 aliphatic rings. The van der Waals surface area contributed by atoms with E-state index in [0.717, 1.165) is 31.2 Å². The summed E-state index contributed by atoms with van der Waals surface area (Å²) in [7, 11) is 1.64. The average Bonchev–Trinajstić information content (AvgIpc) is 2.45. The smallest absolute Gasteiger partial charge is 0.338 e. The van der Waals surface area contributed by atoms with Crippen LogP contribution < -0.4 is 0 Å².